The smallest absolute Gasteiger partial charge is 0.162 e. The second-order valence-electron chi connectivity index (χ2n) is 8.30. The lowest BCUT2D eigenvalue weighted by Gasteiger charge is -2.31. The van der Waals surface area contributed by atoms with E-state index < -0.39 is 5.79 Å². The Kier molecular flexibility index (Phi) is 4.80. The van der Waals surface area contributed by atoms with E-state index in [2.05, 4.69) is 52.0 Å². The molecule has 3 aliphatic carbocycles. The number of allylic oxidation sites excluding steroid dienone is 4. The van der Waals surface area contributed by atoms with Crippen molar-refractivity contribution in [3.8, 4) is 0 Å². The van der Waals surface area contributed by atoms with Crippen LogP contribution in [0.2, 0.25) is 0 Å². The van der Waals surface area contributed by atoms with E-state index in [0.29, 0.717) is 17.8 Å². The Morgan fingerprint density at radius 3 is 2.45 bits per heavy atom. The van der Waals surface area contributed by atoms with E-state index in [1.165, 1.54) is 19.3 Å². The summed E-state index contributed by atoms with van der Waals surface area (Å²) in [5.41, 5.74) is 0. The van der Waals surface area contributed by atoms with Crippen LogP contribution < -0.4 is 0 Å². The number of hydrogen-bond donors (Lipinski definition) is 0. The van der Waals surface area contributed by atoms with Gasteiger partial charge in [-0.2, -0.15) is 0 Å². The van der Waals surface area contributed by atoms with E-state index in [9.17, 15) is 0 Å². The average molecular weight is 304 g/mol. The van der Waals surface area contributed by atoms with E-state index in [1.807, 2.05) is 0 Å². The molecule has 1 saturated carbocycles. The van der Waals surface area contributed by atoms with E-state index in [4.69, 9.17) is 9.47 Å². The van der Waals surface area contributed by atoms with Gasteiger partial charge in [0.2, 0.25) is 0 Å². The first-order valence-corrected chi connectivity index (χ1v) is 9.07. The SMILES string of the molecule is CC1C=CC(C(C)COC(C)(C)OCC2CC3C=CC2C3)C1. The quantitative estimate of drug-likeness (QED) is 0.496. The number of fused-ring (bicyclic) bond motifs is 2. The monoisotopic (exact) mass is 304 g/mol. The van der Waals surface area contributed by atoms with Crippen LogP contribution in [0.3, 0.4) is 0 Å². The molecule has 6 unspecified atom stereocenters. The predicted octanol–water partition coefficient (Wildman–Crippen LogP) is 4.82. The number of ether oxygens (including phenoxy) is 2. The molecule has 0 radical (unpaired) electrons. The van der Waals surface area contributed by atoms with Crippen molar-refractivity contribution in [3.63, 3.8) is 0 Å². The third-order valence-electron chi connectivity index (χ3n) is 5.82. The van der Waals surface area contributed by atoms with Crippen molar-refractivity contribution in [2.24, 2.45) is 35.5 Å². The van der Waals surface area contributed by atoms with Gasteiger partial charge in [-0.15, -0.1) is 0 Å². The number of hydrogen-bond acceptors (Lipinski definition) is 2. The fourth-order valence-electron chi connectivity index (χ4n) is 4.23. The van der Waals surface area contributed by atoms with Gasteiger partial charge in [0.05, 0.1) is 13.2 Å². The second kappa shape index (κ2) is 6.49. The Labute approximate surface area is 136 Å². The van der Waals surface area contributed by atoms with Crippen molar-refractivity contribution in [3.05, 3.63) is 24.3 Å². The van der Waals surface area contributed by atoms with Crippen molar-refractivity contribution in [2.75, 3.05) is 13.2 Å². The zero-order chi connectivity index (χ0) is 15.7. The van der Waals surface area contributed by atoms with Crippen molar-refractivity contribution >= 4 is 0 Å². The molecule has 0 amide bonds. The summed E-state index contributed by atoms with van der Waals surface area (Å²) in [6.07, 6.45) is 13.4. The summed E-state index contributed by atoms with van der Waals surface area (Å²) in [6, 6.07) is 0. The number of rotatable bonds is 7. The molecule has 0 aromatic heterocycles. The molecular weight excluding hydrogens is 272 g/mol. The summed E-state index contributed by atoms with van der Waals surface area (Å²) in [6.45, 7) is 10.3. The minimum atomic E-state index is -0.465. The first-order chi connectivity index (χ1) is 10.4. The van der Waals surface area contributed by atoms with E-state index in [-0.39, 0.29) is 0 Å². The van der Waals surface area contributed by atoms with E-state index in [1.54, 1.807) is 0 Å². The molecule has 2 bridgehead atoms. The van der Waals surface area contributed by atoms with Crippen molar-refractivity contribution in [1.29, 1.82) is 0 Å². The predicted molar refractivity (Wildman–Crippen MR) is 90.4 cm³/mol. The molecule has 0 aromatic rings. The Hall–Kier alpha value is -0.600. The van der Waals surface area contributed by atoms with Crippen LogP contribution in [0.1, 0.15) is 47.0 Å². The zero-order valence-corrected chi connectivity index (χ0v) is 14.6. The molecule has 1 fully saturated rings. The summed E-state index contributed by atoms with van der Waals surface area (Å²) in [7, 11) is 0. The molecule has 0 aromatic carbocycles. The Bertz CT molecular complexity index is 437. The fourth-order valence-corrected chi connectivity index (χ4v) is 4.23. The topological polar surface area (TPSA) is 18.5 Å². The van der Waals surface area contributed by atoms with Gasteiger partial charge in [0.15, 0.2) is 5.79 Å². The van der Waals surface area contributed by atoms with Crippen molar-refractivity contribution in [2.45, 2.75) is 52.7 Å². The zero-order valence-electron chi connectivity index (χ0n) is 14.6. The second-order valence-corrected chi connectivity index (χ2v) is 8.30. The Morgan fingerprint density at radius 1 is 1.05 bits per heavy atom. The van der Waals surface area contributed by atoms with Crippen molar-refractivity contribution in [1.82, 2.24) is 0 Å². The van der Waals surface area contributed by atoms with Gasteiger partial charge >= 0.3 is 0 Å². The molecule has 0 N–H and O–H groups in total. The van der Waals surface area contributed by atoms with Gasteiger partial charge in [0.25, 0.3) is 0 Å². The minimum Gasteiger partial charge on any atom is -0.350 e. The normalized spacial score (nSPS) is 38.1. The van der Waals surface area contributed by atoms with Gasteiger partial charge in [-0.25, -0.2) is 0 Å². The fraction of sp³-hybridized carbons (Fsp3) is 0.800. The molecule has 0 aliphatic heterocycles. The lowest BCUT2D eigenvalue weighted by Crippen LogP contribution is -2.34. The molecule has 0 heterocycles. The van der Waals surface area contributed by atoms with Crippen LogP contribution in [0.15, 0.2) is 24.3 Å². The molecule has 22 heavy (non-hydrogen) atoms. The van der Waals surface area contributed by atoms with Gasteiger partial charge in [-0.1, -0.05) is 38.2 Å². The first kappa shape index (κ1) is 16.3. The summed E-state index contributed by atoms with van der Waals surface area (Å²) in [5, 5.41) is 0. The standard InChI is InChI=1S/C20H32O2/c1-14-5-7-17(9-14)15(2)12-21-20(3,4)22-13-19-11-16-6-8-18(19)10-16/h5-8,14-19H,9-13H2,1-4H3. The van der Waals surface area contributed by atoms with Crippen molar-refractivity contribution < 1.29 is 9.47 Å². The Morgan fingerprint density at radius 2 is 1.86 bits per heavy atom. The molecule has 0 spiro atoms. The molecule has 3 aliphatic rings. The molecule has 3 rings (SSSR count). The molecule has 0 saturated heterocycles. The van der Waals surface area contributed by atoms with Crippen LogP contribution in [-0.2, 0) is 9.47 Å². The molecule has 6 atom stereocenters. The summed E-state index contributed by atoms with van der Waals surface area (Å²) in [5.74, 6) is 3.77. The highest BCUT2D eigenvalue weighted by molar-refractivity contribution is 5.10. The summed E-state index contributed by atoms with van der Waals surface area (Å²) in [4.78, 5) is 0. The highest BCUT2D eigenvalue weighted by atomic mass is 16.7. The highest BCUT2D eigenvalue weighted by Gasteiger charge is 2.37. The van der Waals surface area contributed by atoms with E-state index >= 15 is 0 Å². The lowest BCUT2D eigenvalue weighted by molar-refractivity contribution is -0.226. The maximum atomic E-state index is 6.13. The largest absolute Gasteiger partial charge is 0.350 e. The molecule has 2 heteroatoms. The molecule has 124 valence electrons. The van der Waals surface area contributed by atoms with Gasteiger partial charge in [0, 0.05) is 0 Å². The summed E-state index contributed by atoms with van der Waals surface area (Å²) < 4.78 is 12.2. The van der Waals surface area contributed by atoms with Gasteiger partial charge in [0.1, 0.15) is 0 Å². The maximum Gasteiger partial charge on any atom is 0.162 e. The van der Waals surface area contributed by atoms with Gasteiger partial charge in [-0.05, 0) is 68.6 Å². The van der Waals surface area contributed by atoms with Crippen LogP contribution in [0.25, 0.3) is 0 Å². The highest BCUT2D eigenvalue weighted by Crippen LogP contribution is 2.43. The van der Waals surface area contributed by atoms with Crippen LogP contribution in [0.5, 0.6) is 0 Å². The van der Waals surface area contributed by atoms with E-state index in [0.717, 1.165) is 31.0 Å². The first-order valence-electron chi connectivity index (χ1n) is 9.07. The lowest BCUT2D eigenvalue weighted by atomic mass is 9.92. The average Bonchev–Trinajstić information content (AvgIpc) is 3.19. The van der Waals surface area contributed by atoms with Gasteiger partial charge in [-0.3, -0.25) is 0 Å². The third-order valence-corrected chi connectivity index (χ3v) is 5.82. The minimum absolute atomic E-state index is 0.465. The summed E-state index contributed by atoms with van der Waals surface area (Å²) >= 11 is 0. The van der Waals surface area contributed by atoms with Crippen LogP contribution >= 0.6 is 0 Å². The van der Waals surface area contributed by atoms with Crippen LogP contribution in [-0.4, -0.2) is 19.0 Å². The van der Waals surface area contributed by atoms with Crippen LogP contribution in [0, 0.1) is 35.5 Å². The third kappa shape index (κ3) is 3.83. The van der Waals surface area contributed by atoms with Gasteiger partial charge < -0.3 is 9.47 Å². The van der Waals surface area contributed by atoms with Crippen LogP contribution in [0.4, 0.5) is 0 Å². The molecular formula is C20H32O2. The molecule has 2 nitrogen and oxygen atoms in total. The maximum absolute atomic E-state index is 6.13. The Balaban J connectivity index is 1.39.